The summed E-state index contributed by atoms with van der Waals surface area (Å²) in [6, 6.07) is 5.35. The summed E-state index contributed by atoms with van der Waals surface area (Å²) in [4.78, 5) is 0. The van der Waals surface area contributed by atoms with Gasteiger partial charge >= 0.3 is 0 Å². The summed E-state index contributed by atoms with van der Waals surface area (Å²) >= 11 is 3.37. The molecule has 0 fully saturated rings. The largest absolute Gasteiger partial charge is 0.394 e. The Labute approximate surface area is 97.2 Å². The smallest absolute Gasteiger partial charge is 0.0723 e. The first-order valence-electron chi connectivity index (χ1n) is 4.67. The lowest BCUT2D eigenvalue weighted by Crippen LogP contribution is -2.27. The average Bonchev–Trinajstić information content (AvgIpc) is 2.25. The quantitative estimate of drug-likeness (QED) is 0.637. The molecule has 1 aromatic carbocycles. The lowest BCUT2D eigenvalue weighted by atomic mass is 10.2. The van der Waals surface area contributed by atoms with Gasteiger partial charge in [-0.25, -0.2) is 0 Å². The zero-order chi connectivity index (χ0) is 11.3. The van der Waals surface area contributed by atoms with E-state index in [2.05, 4.69) is 21.2 Å². The van der Waals surface area contributed by atoms with Crippen LogP contribution in [-0.2, 0) is 6.54 Å². The lowest BCUT2D eigenvalue weighted by Gasteiger charge is -2.15. The maximum Gasteiger partial charge on any atom is 0.0723 e. The number of rotatable bonds is 5. The molecule has 0 aromatic heterocycles. The summed E-state index contributed by atoms with van der Waals surface area (Å²) in [7, 11) is 0. The normalized spacial score (nSPS) is 10.7. The molecule has 5 N–H and O–H groups in total. The highest BCUT2D eigenvalue weighted by molar-refractivity contribution is 9.10. The number of nitrogens with one attached hydrogen (secondary N) is 1. The Morgan fingerprint density at radius 2 is 1.93 bits per heavy atom. The summed E-state index contributed by atoms with van der Waals surface area (Å²) in [6.07, 6.45) is 0. The van der Waals surface area contributed by atoms with Crippen molar-refractivity contribution in [3.63, 3.8) is 0 Å². The average molecular weight is 275 g/mol. The van der Waals surface area contributed by atoms with Crippen LogP contribution in [-0.4, -0.2) is 29.5 Å². The van der Waals surface area contributed by atoms with Gasteiger partial charge in [0.05, 0.1) is 19.3 Å². The second-order valence-electron chi connectivity index (χ2n) is 3.26. The number of halogens is 1. The van der Waals surface area contributed by atoms with Crippen molar-refractivity contribution < 1.29 is 10.2 Å². The highest BCUT2D eigenvalue weighted by Gasteiger charge is 2.06. The molecule has 0 saturated carbocycles. The highest BCUT2D eigenvalue weighted by Crippen LogP contribution is 2.19. The molecular formula is C10H15BrN2O2. The molecule has 0 saturated heterocycles. The second-order valence-corrected chi connectivity index (χ2v) is 4.17. The third kappa shape index (κ3) is 3.79. The maximum atomic E-state index is 8.92. The van der Waals surface area contributed by atoms with Gasteiger partial charge in [-0.3, -0.25) is 0 Å². The molecule has 0 spiro atoms. The van der Waals surface area contributed by atoms with Gasteiger partial charge in [-0.1, -0.05) is 15.9 Å². The van der Waals surface area contributed by atoms with Gasteiger partial charge in [0.15, 0.2) is 0 Å². The number of aliphatic hydroxyl groups excluding tert-OH is 2. The second kappa shape index (κ2) is 6.07. The minimum absolute atomic E-state index is 0.110. The zero-order valence-electron chi connectivity index (χ0n) is 8.28. The van der Waals surface area contributed by atoms with E-state index in [0.717, 1.165) is 15.7 Å². The third-order valence-corrected chi connectivity index (χ3v) is 2.46. The van der Waals surface area contributed by atoms with Crippen LogP contribution in [0.1, 0.15) is 5.56 Å². The molecule has 84 valence electrons. The molecule has 0 heterocycles. The van der Waals surface area contributed by atoms with Crippen molar-refractivity contribution >= 4 is 21.6 Å². The van der Waals surface area contributed by atoms with Crippen molar-refractivity contribution in [2.75, 3.05) is 18.5 Å². The number of aliphatic hydroxyl groups is 2. The van der Waals surface area contributed by atoms with E-state index in [1.807, 2.05) is 18.2 Å². The fourth-order valence-corrected chi connectivity index (χ4v) is 1.78. The summed E-state index contributed by atoms with van der Waals surface area (Å²) in [5.74, 6) is 0. The molecule has 0 unspecified atom stereocenters. The molecule has 15 heavy (non-hydrogen) atoms. The zero-order valence-corrected chi connectivity index (χ0v) is 9.87. The van der Waals surface area contributed by atoms with E-state index in [0.29, 0.717) is 6.54 Å². The van der Waals surface area contributed by atoms with E-state index in [4.69, 9.17) is 15.9 Å². The Hall–Kier alpha value is -0.620. The molecule has 0 radical (unpaired) electrons. The van der Waals surface area contributed by atoms with Gasteiger partial charge in [0.2, 0.25) is 0 Å². The van der Waals surface area contributed by atoms with Crippen LogP contribution >= 0.6 is 15.9 Å². The number of benzene rings is 1. The fourth-order valence-electron chi connectivity index (χ4n) is 1.24. The van der Waals surface area contributed by atoms with E-state index in [-0.39, 0.29) is 19.3 Å². The van der Waals surface area contributed by atoms with Gasteiger partial charge in [0.25, 0.3) is 0 Å². The predicted octanol–water partition coefficient (Wildman–Crippen LogP) is 0.673. The predicted molar refractivity (Wildman–Crippen MR) is 63.6 cm³/mol. The number of hydrogen-bond acceptors (Lipinski definition) is 4. The molecule has 0 aliphatic rings. The number of hydrogen-bond donors (Lipinski definition) is 4. The van der Waals surface area contributed by atoms with Crippen molar-refractivity contribution in [1.82, 2.24) is 0 Å². The Morgan fingerprint density at radius 1 is 1.27 bits per heavy atom. The van der Waals surface area contributed by atoms with Crippen LogP contribution in [0.2, 0.25) is 0 Å². The number of anilines is 1. The third-order valence-electron chi connectivity index (χ3n) is 2.00. The van der Waals surface area contributed by atoms with Gasteiger partial charge in [-0.05, 0) is 23.8 Å². The van der Waals surface area contributed by atoms with E-state index < -0.39 is 0 Å². The van der Waals surface area contributed by atoms with Gasteiger partial charge in [0, 0.05) is 16.7 Å². The van der Waals surface area contributed by atoms with Crippen molar-refractivity contribution in [3.05, 3.63) is 28.2 Å². The first kappa shape index (κ1) is 12.4. The summed E-state index contributed by atoms with van der Waals surface area (Å²) in [6.45, 7) is 0.235. The highest BCUT2D eigenvalue weighted by atomic mass is 79.9. The van der Waals surface area contributed by atoms with Crippen molar-refractivity contribution in [3.8, 4) is 0 Å². The van der Waals surface area contributed by atoms with E-state index in [1.54, 1.807) is 0 Å². The molecule has 0 amide bonds. The van der Waals surface area contributed by atoms with Crippen molar-refractivity contribution in [2.45, 2.75) is 12.6 Å². The fraction of sp³-hybridized carbons (Fsp3) is 0.400. The van der Waals surface area contributed by atoms with Gasteiger partial charge in [-0.2, -0.15) is 0 Å². The molecular weight excluding hydrogens is 260 g/mol. The Kier molecular flexibility index (Phi) is 5.04. The lowest BCUT2D eigenvalue weighted by molar-refractivity contribution is 0.204. The first-order valence-corrected chi connectivity index (χ1v) is 5.46. The minimum Gasteiger partial charge on any atom is -0.394 e. The van der Waals surface area contributed by atoms with E-state index in [9.17, 15) is 0 Å². The standard InChI is InChI=1S/C10H15BrN2O2/c11-8-1-7(4-12)2-9(3-8)13-10(5-14)6-15/h1-3,10,13-15H,4-6,12H2. The van der Waals surface area contributed by atoms with Crippen LogP contribution in [0.15, 0.2) is 22.7 Å². The molecule has 1 rings (SSSR count). The van der Waals surface area contributed by atoms with E-state index in [1.165, 1.54) is 0 Å². The topological polar surface area (TPSA) is 78.5 Å². The summed E-state index contributed by atoms with van der Waals surface area (Å²) in [5, 5.41) is 20.9. The minimum atomic E-state index is -0.343. The summed E-state index contributed by atoms with van der Waals surface area (Å²) in [5.41, 5.74) is 7.35. The molecule has 0 aliphatic heterocycles. The van der Waals surface area contributed by atoms with Crippen LogP contribution < -0.4 is 11.1 Å². The Morgan fingerprint density at radius 3 is 2.47 bits per heavy atom. The van der Waals surface area contributed by atoms with Crippen LogP contribution in [0.5, 0.6) is 0 Å². The number of nitrogens with two attached hydrogens (primary N) is 1. The van der Waals surface area contributed by atoms with Crippen molar-refractivity contribution in [1.29, 1.82) is 0 Å². The van der Waals surface area contributed by atoms with E-state index >= 15 is 0 Å². The summed E-state index contributed by atoms with van der Waals surface area (Å²) < 4.78 is 0.919. The molecule has 5 heteroatoms. The van der Waals surface area contributed by atoms with Gasteiger partial charge < -0.3 is 21.3 Å². The molecule has 0 atom stereocenters. The van der Waals surface area contributed by atoms with Gasteiger partial charge in [0.1, 0.15) is 0 Å². The monoisotopic (exact) mass is 274 g/mol. The van der Waals surface area contributed by atoms with Crippen LogP contribution in [0.25, 0.3) is 0 Å². The Bertz CT molecular complexity index is 316. The molecule has 0 bridgehead atoms. The SMILES string of the molecule is NCc1cc(Br)cc(NC(CO)CO)c1. The van der Waals surface area contributed by atoms with Crippen LogP contribution in [0, 0.1) is 0 Å². The van der Waals surface area contributed by atoms with Crippen LogP contribution in [0.4, 0.5) is 5.69 Å². The molecule has 4 nitrogen and oxygen atoms in total. The molecule has 1 aromatic rings. The maximum absolute atomic E-state index is 8.92. The van der Waals surface area contributed by atoms with Crippen molar-refractivity contribution in [2.24, 2.45) is 5.73 Å². The Balaban J connectivity index is 2.79. The van der Waals surface area contributed by atoms with Crippen LogP contribution in [0.3, 0.4) is 0 Å². The first-order chi connectivity index (χ1) is 7.19. The molecule has 0 aliphatic carbocycles. The van der Waals surface area contributed by atoms with Gasteiger partial charge in [-0.15, -0.1) is 0 Å².